The minimum Gasteiger partial charge on any atom is -0.317 e. The fourth-order valence-corrected chi connectivity index (χ4v) is 1.52. The van der Waals surface area contributed by atoms with Crippen LogP contribution in [-0.2, 0) is 4.79 Å². The minimum absolute atomic E-state index is 0.379. The Labute approximate surface area is 113 Å². The van der Waals surface area contributed by atoms with E-state index >= 15 is 0 Å². The number of nitro groups is 1. The van der Waals surface area contributed by atoms with Crippen LogP contribution in [0.3, 0.4) is 0 Å². The standard InChI is InChI=1S/C12H11F2N3O3/c1-6(2)7(5-15)12(18)16-11-9(17(19)20)4-3-8(13)10(11)14/h3-4,6-7H,1-2H3,(H,16,18). The van der Waals surface area contributed by atoms with Crippen molar-refractivity contribution in [2.24, 2.45) is 11.8 Å². The van der Waals surface area contributed by atoms with Gasteiger partial charge in [-0.25, -0.2) is 8.78 Å². The van der Waals surface area contributed by atoms with Crippen molar-refractivity contribution in [1.82, 2.24) is 0 Å². The first-order chi connectivity index (χ1) is 9.29. The maximum atomic E-state index is 13.6. The fourth-order valence-electron chi connectivity index (χ4n) is 1.52. The number of anilines is 1. The number of amides is 1. The lowest BCUT2D eigenvalue weighted by atomic mass is 9.96. The Morgan fingerprint density at radius 1 is 1.45 bits per heavy atom. The molecule has 1 N–H and O–H groups in total. The molecule has 0 spiro atoms. The molecule has 0 saturated carbocycles. The van der Waals surface area contributed by atoms with Crippen LogP contribution in [0.4, 0.5) is 20.2 Å². The van der Waals surface area contributed by atoms with Crippen molar-refractivity contribution in [2.75, 3.05) is 5.32 Å². The predicted octanol–water partition coefficient (Wildman–Crippen LogP) is 2.61. The molecule has 20 heavy (non-hydrogen) atoms. The average Bonchev–Trinajstić information content (AvgIpc) is 2.35. The molecule has 8 heteroatoms. The zero-order valence-electron chi connectivity index (χ0n) is 10.7. The van der Waals surface area contributed by atoms with Crippen molar-refractivity contribution < 1.29 is 18.5 Å². The highest BCUT2D eigenvalue weighted by Crippen LogP contribution is 2.29. The summed E-state index contributed by atoms with van der Waals surface area (Å²) in [4.78, 5) is 21.6. The average molecular weight is 283 g/mol. The van der Waals surface area contributed by atoms with Crippen LogP contribution in [0.25, 0.3) is 0 Å². The SMILES string of the molecule is CC(C)C(C#N)C(=O)Nc1c([N+](=O)[O-])ccc(F)c1F. The highest BCUT2D eigenvalue weighted by Gasteiger charge is 2.28. The molecule has 6 nitrogen and oxygen atoms in total. The summed E-state index contributed by atoms with van der Waals surface area (Å²) in [6.45, 7) is 3.17. The zero-order valence-corrected chi connectivity index (χ0v) is 10.7. The van der Waals surface area contributed by atoms with Gasteiger partial charge in [-0.3, -0.25) is 14.9 Å². The monoisotopic (exact) mass is 283 g/mol. The van der Waals surface area contributed by atoms with Crippen molar-refractivity contribution >= 4 is 17.3 Å². The zero-order chi connectivity index (χ0) is 15.4. The molecule has 0 aromatic heterocycles. The van der Waals surface area contributed by atoms with Gasteiger partial charge < -0.3 is 5.32 Å². The van der Waals surface area contributed by atoms with Crippen LogP contribution in [-0.4, -0.2) is 10.8 Å². The van der Waals surface area contributed by atoms with E-state index in [1.165, 1.54) is 0 Å². The Hall–Kier alpha value is -2.56. The van der Waals surface area contributed by atoms with Crippen molar-refractivity contribution in [3.8, 4) is 6.07 Å². The Morgan fingerprint density at radius 3 is 2.50 bits per heavy atom. The Balaban J connectivity index is 3.21. The molecule has 1 unspecified atom stereocenters. The van der Waals surface area contributed by atoms with Crippen LogP contribution in [0.5, 0.6) is 0 Å². The summed E-state index contributed by atoms with van der Waals surface area (Å²) < 4.78 is 26.7. The topological polar surface area (TPSA) is 96.0 Å². The number of nitrogens with zero attached hydrogens (tertiary/aromatic N) is 2. The van der Waals surface area contributed by atoms with E-state index in [9.17, 15) is 23.7 Å². The normalized spacial score (nSPS) is 11.8. The van der Waals surface area contributed by atoms with Gasteiger partial charge in [0, 0.05) is 6.07 Å². The van der Waals surface area contributed by atoms with E-state index in [-0.39, 0.29) is 5.92 Å². The summed E-state index contributed by atoms with van der Waals surface area (Å²) in [6, 6.07) is 3.04. The number of nitro benzene ring substituents is 1. The molecular weight excluding hydrogens is 272 g/mol. The lowest BCUT2D eigenvalue weighted by Gasteiger charge is -2.13. The van der Waals surface area contributed by atoms with Gasteiger partial charge in [-0.1, -0.05) is 13.8 Å². The van der Waals surface area contributed by atoms with Gasteiger partial charge in [-0.2, -0.15) is 5.26 Å². The molecule has 0 fully saturated rings. The Kier molecular flexibility index (Phi) is 4.69. The number of hydrogen-bond acceptors (Lipinski definition) is 4. The minimum atomic E-state index is -1.53. The van der Waals surface area contributed by atoms with E-state index in [0.717, 1.165) is 6.07 Å². The third-order valence-corrected chi connectivity index (χ3v) is 2.61. The summed E-state index contributed by atoms with van der Waals surface area (Å²) in [7, 11) is 0. The molecule has 0 heterocycles. The number of rotatable bonds is 4. The molecule has 1 aromatic carbocycles. The second kappa shape index (κ2) is 6.06. The molecule has 1 rings (SSSR count). The highest BCUT2D eigenvalue weighted by atomic mass is 19.2. The van der Waals surface area contributed by atoms with E-state index in [2.05, 4.69) is 0 Å². The van der Waals surface area contributed by atoms with Gasteiger partial charge in [0.15, 0.2) is 17.3 Å². The third kappa shape index (κ3) is 3.06. The van der Waals surface area contributed by atoms with Crippen molar-refractivity contribution in [2.45, 2.75) is 13.8 Å². The van der Waals surface area contributed by atoms with E-state index < -0.39 is 39.8 Å². The number of hydrogen-bond donors (Lipinski definition) is 1. The lowest BCUT2D eigenvalue weighted by molar-refractivity contribution is -0.384. The number of halogens is 2. The van der Waals surface area contributed by atoms with Crippen LogP contribution in [0.1, 0.15) is 13.8 Å². The van der Waals surface area contributed by atoms with Crippen molar-refractivity contribution in [3.63, 3.8) is 0 Å². The van der Waals surface area contributed by atoms with Crippen molar-refractivity contribution in [1.29, 1.82) is 5.26 Å². The van der Waals surface area contributed by atoms with Crippen LogP contribution >= 0.6 is 0 Å². The van der Waals surface area contributed by atoms with E-state index in [1.807, 2.05) is 5.32 Å². The van der Waals surface area contributed by atoms with E-state index in [0.29, 0.717) is 6.07 Å². The van der Waals surface area contributed by atoms with Crippen molar-refractivity contribution in [3.05, 3.63) is 33.9 Å². The molecule has 0 radical (unpaired) electrons. The number of nitriles is 1. The number of carbonyl (C=O) groups is 1. The molecule has 0 saturated heterocycles. The smallest absolute Gasteiger partial charge is 0.296 e. The molecule has 1 aromatic rings. The molecular formula is C12H11F2N3O3. The Morgan fingerprint density at radius 2 is 2.05 bits per heavy atom. The molecule has 0 aliphatic carbocycles. The van der Waals surface area contributed by atoms with E-state index in [4.69, 9.17) is 5.26 Å². The summed E-state index contributed by atoms with van der Waals surface area (Å²) in [5.41, 5.74) is -1.65. The van der Waals surface area contributed by atoms with Gasteiger partial charge in [0.05, 0.1) is 11.0 Å². The first-order valence-corrected chi connectivity index (χ1v) is 5.62. The van der Waals surface area contributed by atoms with Gasteiger partial charge >= 0.3 is 0 Å². The van der Waals surface area contributed by atoms with E-state index in [1.54, 1.807) is 19.9 Å². The molecule has 1 atom stereocenters. The summed E-state index contributed by atoms with van der Waals surface area (Å²) in [5, 5.41) is 21.5. The molecule has 0 aliphatic heterocycles. The second-order valence-electron chi connectivity index (χ2n) is 4.35. The van der Waals surface area contributed by atoms with Gasteiger partial charge in [-0.15, -0.1) is 0 Å². The number of carbonyl (C=O) groups excluding carboxylic acids is 1. The summed E-state index contributed by atoms with van der Waals surface area (Å²) >= 11 is 0. The molecule has 1 amide bonds. The quantitative estimate of drug-likeness (QED) is 0.678. The number of nitrogens with one attached hydrogen (secondary N) is 1. The molecule has 0 aliphatic rings. The molecule has 106 valence electrons. The fraction of sp³-hybridized carbons (Fsp3) is 0.333. The van der Waals surface area contributed by atoms with Crippen LogP contribution in [0.15, 0.2) is 12.1 Å². The van der Waals surface area contributed by atoms with Crippen LogP contribution in [0.2, 0.25) is 0 Å². The summed E-state index contributed by atoms with van der Waals surface area (Å²) in [6.07, 6.45) is 0. The highest BCUT2D eigenvalue weighted by molar-refractivity contribution is 5.96. The van der Waals surface area contributed by atoms with Gasteiger partial charge in [-0.05, 0) is 12.0 Å². The maximum absolute atomic E-state index is 13.6. The predicted molar refractivity (Wildman–Crippen MR) is 65.6 cm³/mol. The van der Waals surface area contributed by atoms with Crippen LogP contribution in [0, 0.1) is 44.9 Å². The first-order valence-electron chi connectivity index (χ1n) is 5.62. The second-order valence-corrected chi connectivity index (χ2v) is 4.35. The Bertz CT molecular complexity index is 596. The number of benzene rings is 1. The third-order valence-electron chi connectivity index (χ3n) is 2.61. The van der Waals surface area contributed by atoms with Gasteiger partial charge in [0.2, 0.25) is 5.91 Å². The van der Waals surface area contributed by atoms with Gasteiger partial charge in [0.1, 0.15) is 5.92 Å². The largest absolute Gasteiger partial charge is 0.317 e. The maximum Gasteiger partial charge on any atom is 0.296 e. The van der Waals surface area contributed by atoms with Crippen LogP contribution < -0.4 is 5.32 Å². The summed E-state index contributed by atoms with van der Waals surface area (Å²) in [5.74, 6) is -5.29. The first kappa shape index (κ1) is 15.5. The molecule has 0 bridgehead atoms. The van der Waals surface area contributed by atoms with Gasteiger partial charge in [0.25, 0.3) is 5.69 Å². The lowest BCUT2D eigenvalue weighted by Crippen LogP contribution is -2.26.